The molecular weight excluding hydrogens is 382 g/mol. The van der Waals surface area contributed by atoms with Crippen molar-refractivity contribution in [1.29, 1.82) is 0 Å². The lowest BCUT2D eigenvalue weighted by Gasteiger charge is -2.05. The van der Waals surface area contributed by atoms with Crippen LogP contribution in [0.2, 0.25) is 0 Å². The number of aromatic nitrogens is 3. The van der Waals surface area contributed by atoms with Crippen molar-refractivity contribution in [2.75, 3.05) is 5.32 Å². The van der Waals surface area contributed by atoms with Crippen LogP contribution in [0.4, 0.5) is 9.93 Å². The van der Waals surface area contributed by atoms with Crippen molar-refractivity contribution < 1.29 is 4.79 Å². The molecular formula is C22H25N5OS. The van der Waals surface area contributed by atoms with Gasteiger partial charge >= 0.3 is 6.03 Å². The van der Waals surface area contributed by atoms with E-state index in [1.54, 1.807) is 12.4 Å². The largest absolute Gasteiger partial charge is 0.332 e. The lowest BCUT2D eigenvalue weighted by molar-refractivity contribution is 0.251. The second kappa shape index (κ2) is 11.6. The Morgan fingerprint density at radius 3 is 2.55 bits per heavy atom. The standard InChI is InChI=1S/C20H19N5OS.C2H6/c1-3-15-4-6-17(22-12-15)13-23-19(26)25-20-24-14(2)18(27-20)7-5-16-8-10-21-11-9-16;1-2/h4,6,8-12H,3,13H2,1-2H3,(H2,23,24,25,26);1-2H3. The zero-order valence-electron chi connectivity index (χ0n) is 17.1. The van der Waals surface area contributed by atoms with E-state index in [1.165, 1.54) is 16.9 Å². The van der Waals surface area contributed by atoms with E-state index < -0.39 is 0 Å². The molecule has 0 aliphatic heterocycles. The summed E-state index contributed by atoms with van der Waals surface area (Å²) in [7, 11) is 0. The van der Waals surface area contributed by atoms with Gasteiger partial charge in [-0.3, -0.25) is 15.3 Å². The van der Waals surface area contributed by atoms with Gasteiger partial charge in [-0.1, -0.05) is 44.1 Å². The lowest BCUT2D eigenvalue weighted by atomic mass is 10.2. The summed E-state index contributed by atoms with van der Waals surface area (Å²) in [6.07, 6.45) is 6.17. The molecule has 7 heteroatoms. The molecule has 3 aromatic heterocycles. The number of hydrogen-bond donors (Lipinski definition) is 2. The van der Waals surface area contributed by atoms with Crippen LogP contribution in [0.1, 0.15) is 48.2 Å². The maximum atomic E-state index is 12.1. The Balaban J connectivity index is 0.00000145. The van der Waals surface area contributed by atoms with Crippen LogP contribution < -0.4 is 10.6 Å². The van der Waals surface area contributed by atoms with E-state index in [9.17, 15) is 4.79 Å². The van der Waals surface area contributed by atoms with Crippen molar-refractivity contribution in [2.45, 2.75) is 40.7 Å². The first-order chi connectivity index (χ1) is 14.1. The van der Waals surface area contributed by atoms with Crippen LogP contribution in [0.25, 0.3) is 0 Å². The Bertz CT molecular complexity index is 972. The number of thiazole rings is 1. The maximum Gasteiger partial charge on any atom is 0.321 e. The topological polar surface area (TPSA) is 79.8 Å². The van der Waals surface area contributed by atoms with Gasteiger partial charge in [0.25, 0.3) is 0 Å². The Morgan fingerprint density at radius 2 is 1.90 bits per heavy atom. The Kier molecular flexibility index (Phi) is 8.80. The molecule has 0 atom stereocenters. The lowest BCUT2D eigenvalue weighted by Crippen LogP contribution is -2.28. The normalized spacial score (nSPS) is 9.52. The molecule has 0 aromatic carbocycles. The van der Waals surface area contributed by atoms with Gasteiger partial charge in [-0.2, -0.15) is 0 Å². The zero-order valence-corrected chi connectivity index (χ0v) is 17.9. The second-order valence-electron chi connectivity index (χ2n) is 5.74. The minimum Gasteiger partial charge on any atom is -0.332 e. The minimum atomic E-state index is -0.321. The molecule has 29 heavy (non-hydrogen) atoms. The van der Waals surface area contributed by atoms with Crippen LogP contribution in [-0.4, -0.2) is 21.0 Å². The van der Waals surface area contributed by atoms with Crippen LogP contribution in [-0.2, 0) is 13.0 Å². The third-order valence-corrected chi connectivity index (χ3v) is 4.73. The highest BCUT2D eigenvalue weighted by molar-refractivity contribution is 7.16. The number of carbonyl (C=O) groups is 1. The number of nitrogens with one attached hydrogen (secondary N) is 2. The number of urea groups is 1. The summed E-state index contributed by atoms with van der Waals surface area (Å²) in [5.74, 6) is 6.16. The summed E-state index contributed by atoms with van der Waals surface area (Å²) in [6, 6.07) is 7.30. The molecule has 3 rings (SSSR count). The molecule has 2 amide bonds. The Hall–Kier alpha value is -3.24. The van der Waals surface area contributed by atoms with E-state index in [-0.39, 0.29) is 6.03 Å². The number of nitrogens with zero attached hydrogens (tertiary/aromatic N) is 3. The van der Waals surface area contributed by atoms with E-state index in [0.717, 1.165) is 28.2 Å². The zero-order chi connectivity index (χ0) is 21.1. The van der Waals surface area contributed by atoms with Crippen molar-refractivity contribution in [3.05, 3.63) is 70.2 Å². The van der Waals surface area contributed by atoms with Gasteiger partial charge < -0.3 is 5.32 Å². The summed E-state index contributed by atoms with van der Waals surface area (Å²) in [5, 5.41) is 6.04. The molecule has 0 saturated carbocycles. The van der Waals surface area contributed by atoms with Crippen molar-refractivity contribution in [3.63, 3.8) is 0 Å². The third kappa shape index (κ3) is 7.01. The minimum absolute atomic E-state index is 0.321. The van der Waals surface area contributed by atoms with E-state index >= 15 is 0 Å². The molecule has 0 saturated heterocycles. The van der Waals surface area contributed by atoms with E-state index in [0.29, 0.717) is 11.7 Å². The molecule has 6 nitrogen and oxygen atoms in total. The molecule has 0 fully saturated rings. The van der Waals surface area contributed by atoms with Crippen LogP contribution >= 0.6 is 11.3 Å². The molecule has 3 aromatic rings. The van der Waals surface area contributed by atoms with E-state index in [4.69, 9.17) is 0 Å². The van der Waals surface area contributed by atoms with Crippen LogP contribution in [0, 0.1) is 18.8 Å². The number of aryl methyl sites for hydroxylation is 2. The van der Waals surface area contributed by atoms with Gasteiger partial charge in [0.05, 0.1) is 17.9 Å². The predicted molar refractivity (Wildman–Crippen MR) is 118 cm³/mol. The predicted octanol–water partition coefficient (Wildman–Crippen LogP) is 4.55. The van der Waals surface area contributed by atoms with Crippen molar-refractivity contribution in [1.82, 2.24) is 20.3 Å². The Morgan fingerprint density at radius 1 is 1.14 bits per heavy atom. The molecule has 0 bridgehead atoms. The quantitative estimate of drug-likeness (QED) is 0.622. The fourth-order valence-corrected chi connectivity index (χ4v) is 3.03. The Labute approximate surface area is 175 Å². The van der Waals surface area contributed by atoms with Gasteiger partial charge in [0.2, 0.25) is 0 Å². The first-order valence-corrected chi connectivity index (χ1v) is 10.3. The number of anilines is 1. The van der Waals surface area contributed by atoms with E-state index in [2.05, 4.69) is 44.4 Å². The summed E-state index contributed by atoms with van der Waals surface area (Å²) in [5.41, 5.74) is 3.64. The monoisotopic (exact) mass is 407 g/mol. The average Bonchev–Trinajstić information content (AvgIpc) is 3.12. The molecule has 150 valence electrons. The number of amides is 2. The van der Waals surface area contributed by atoms with Gasteiger partial charge in [-0.15, -0.1) is 0 Å². The molecule has 0 aliphatic rings. The number of carbonyl (C=O) groups excluding carboxylic acids is 1. The number of rotatable bonds is 4. The highest BCUT2D eigenvalue weighted by atomic mass is 32.1. The fourth-order valence-electron chi connectivity index (χ4n) is 2.21. The first-order valence-electron chi connectivity index (χ1n) is 9.52. The molecule has 0 radical (unpaired) electrons. The van der Waals surface area contributed by atoms with Gasteiger partial charge in [0.15, 0.2) is 5.13 Å². The van der Waals surface area contributed by atoms with Crippen molar-refractivity contribution in [2.24, 2.45) is 0 Å². The molecule has 0 spiro atoms. The average molecular weight is 408 g/mol. The number of hydrogen-bond acceptors (Lipinski definition) is 5. The van der Waals surface area contributed by atoms with Crippen molar-refractivity contribution >= 4 is 22.5 Å². The SMILES string of the molecule is CC.CCc1ccc(CNC(=O)Nc2nc(C)c(C#Cc3ccncc3)s2)nc1. The van der Waals surface area contributed by atoms with Gasteiger partial charge in [0.1, 0.15) is 4.88 Å². The van der Waals surface area contributed by atoms with Gasteiger partial charge in [-0.05, 0) is 43.0 Å². The summed E-state index contributed by atoms with van der Waals surface area (Å²) < 4.78 is 0. The highest BCUT2D eigenvalue weighted by Gasteiger charge is 2.09. The van der Waals surface area contributed by atoms with Crippen LogP contribution in [0.3, 0.4) is 0 Å². The summed E-state index contributed by atoms with van der Waals surface area (Å²) in [4.78, 5) is 25.5. The summed E-state index contributed by atoms with van der Waals surface area (Å²) >= 11 is 1.35. The highest BCUT2D eigenvalue weighted by Crippen LogP contribution is 2.21. The van der Waals surface area contributed by atoms with E-state index in [1.807, 2.05) is 51.2 Å². The van der Waals surface area contributed by atoms with Crippen LogP contribution in [0.15, 0.2) is 42.9 Å². The smallest absolute Gasteiger partial charge is 0.321 e. The second-order valence-corrected chi connectivity index (χ2v) is 6.74. The fraction of sp³-hybridized carbons (Fsp3) is 0.273. The molecule has 2 N–H and O–H groups in total. The van der Waals surface area contributed by atoms with Crippen LogP contribution in [0.5, 0.6) is 0 Å². The third-order valence-electron chi connectivity index (χ3n) is 3.74. The van der Waals surface area contributed by atoms with Crippen molar-refractivity contribution in [3.8, 4) is 11.8 Å². The molecule has 0 unspecified atom stereocenters. The van der Waals surface area contributed by atoms with Gasteiger partial charge in [0, 0.05) is 24.2 Å². The molecule has 3 heterocycles. The first kappa shape index (κ1) is 22.1. The molecule has 0 aliphatic carbocycles. The summed E-state index contributed by atoms with van der Waals surface area (Å²) in [6.45, 7) is 8.30. The maximum absolute atomic E-state index is 12.1. The number of pyridine rings is 2. The van der Waals surface area contributed by atoms with Gasteiger partial charge in [-0.25, -0.2) is 9.78 Å².